The highest BCUT2D eigenvalue weighted by Gasteiger charge is 2.58. The molecule has 6 heteroatoms. The first kappa shape index (κ1) is 13.6. The minimum atomic E-state index is -5.62. The van der Waals surface area contributed by atoms with E-state index in [1.807, 2.05) is 0 Å². The van der Waals surface area contributed by atoms with Gasteiger partial charge in [0, 0.05) is 5.56 Å². The maximum atomic E-state index is 13.0. The number of hydrogen-bond donors (Lipinski definition) is 1. The zero-order valence-electron chi connectivity index (χ0n) is 8.51. The third-order valence-electron chi connectivity index (χ3n) is 2.02. The van der Waals surface area contributed by atoms with Gasteiger partial charge >= 0.3 is 12.1 Å². The second kappa shape index (κ2) is 4.83. The van der Waals surface area contributed by atoms with Crippen LogP contribution < -0.4 is 0 Å². The van der Waals surface area contributed by atoms with Gasteiger partial charge in [0.05, 0.1) is 6.61 Å². The van der Waals surface area contributed by atoms with Crippen molar-refractivity contribution in [3.63, 3.8) is 0 Å². The maximum absolute atomic E-state index is 13.0. The van der Waals surface area contributed by atoms with Gasteiger partial charge in [-0.2, -0.15) is 22.0 Å². The first-order chi connectivity index (χ1) is 7.79. The van der Waals surface area contributed by atoms with Gasteiger partial charge in [0.15, 0.2) is 0 Å². The summed E-state index contributed by atoms with van der Waals surface area (Å²) in [6, 6.07) is 3.91. The van der Waals surface area contributed by atoms with Crippen molar-refractivity contribution in [3.8, 4) is 0 Å². The molecule has 0 unspecified atom stereocenters. The van der Waals surface area contributed by atoms with Gasteiger partial charge in [0.25, 0.3) is 0 Å². The van der Waals surface area contributed by atoms with Crippen molar-refractivity contribution in [3.05, 3.63) is 41.5 Å². The molecule has 1 aromatic carbocycles. The van der Waals surface area contributed by atoms with Crippen LogP contribution >= 0.6 is 0 Å². The second-order valence-corrected chi connectivity index (χ2v) is 3.28. The molecule has 17 heavy (non-hydrogen) atoms. The number of halogens is 5. The Kier molecular flexibility index (Phi) is 3.87. The van der Waals surface area contributed by atoms with Crippen LogP contribution in [0.3, 0.4) is 0 Å². The van der Waals surface area contributed by atoms with E-state index in [2.05, 4.69) is 0 Å². The predicted octanol–water partition coefficient (Wildman–Crippen LogP) is 3.35. The van der Waals surface area contributed by atoms with Gasteiger partial charge in [-0.15, -0.1) is 0 Å². The fourth-order valence-electron chi connectivity index (χ4n) is 1.19. The summed E-state index contributed by atoms with van der Waals surface area (Å²) >= 11 is 0. The van der Waals surface area contributed by atoms with E-state index >= 15 is 0 Å². The summed E-state index contributed by atoms with van der Waals surface area (Å²) in [7, 11) is 0. The van der Waals surface area contributed by atoms with Crippen LogP contribution in [-0.4, -0.2) is 17.9 Å². The molecule has 0 bridgehead atoms. The average molecular weight is 252 g/mol. The Bertz CT molecular complexity index is 409. The molecule has 1 N–H and O–H groups in total. The van der Waals surface area contributed by atoms with E-state index in [0.29, 0.717) is 6.07 Å². The van der Waals surface area contributed by atoms with Gasteiger partial charge in [-0.05, 0) is 11.6 Å². The van der Waals surface area contributed by atoms with E-state index in [1.165, 1.54) is 18.2 Å². The second-order valence-electron chi connectivity index (χ2n) is 3.28. The monoisotopic (exact) mass is 252 g/mol. The van der Waals surface area contributed by atoms with E-state index in [4.69, 9.17) is 5.11 Å². The number of alkyl halides is 5. The van der Waals surface area contributed by atoms with Crippen LogP contribution in [0.15, 0.2) is 30.3 Å². The Balaban J connectivity index is 3.11. The fraction of sp³-hybridized carbons (Fsp3) is 0.273. The van der Waals surface area contributed by atoms with Crippen molar-refractivity contribution >= 4 is 6.08 Å². The van der Waals surface area contributed by atoms with Crippen molar-refractivity contribution in [1.29, 1.82) is 0 Å². The number of benzene rings is 1. The summed E-state index contributed by atoms with van der Waals surface area (Å²) in [5, 5.41) is 8.47. The van der Waals surface area contributed by atoms with Crippen molar-refractivity contribution in [2.75, 3.05) is 6.61 Å². The Morgan fingerprint density at radius 3 is 2.29 bits per heavy atom. The molecule has 0 aliphatic rings. The Morgan fingerprint density at radius 1 is 1.12 bits per heavy atom. The third kappa shape index (κ3) is 3.03. The van der Waals surface area contributed by atoms with E-state index < -0.39 is 17.7 Å². The highest BCUT2D eigenvalue weighted by atomic mass is 19.4. The first-order valence-electron chi connectivity index (χ1n) is 4.61. The summed E-state index contributed by atoms with van der Waals surface area (Å²) in [6.45, 7) is -0.320. The molecule has 0 saturated heterocycles. The molecular weight excluding hydrogens is 243 g/mol. The van der Waals surface area contributed by atoms with Gasteiger partial charge in [-0.3, -0.25) is 0 Å². The molecule has 0 aliphatic carbocycles. The number of aliphatic hydroxyl groups is 1. The van der Waals surface area contributed by atoms with Crippen LogP contribution in [0.2, 0.25) is 0 Å². The summed E-state index contributed by atoms with van der Waals surface area (Å²) < 4.78 is 62.2. The molecule has 1 aromatic rings. The molecule has 0 spiro atoms. The average Bonchev–Trinajstić information content (AvgIpc) is 2.25. The molecule has 0 radical (unpaired) electrons. The van der Waals surface area contributed by atoms with E-state index in [9.17, 15) is 22.0 Å². The number of hydrogen-bond acceptors (Lipinski definition) is 1. The highest BCUT2D eigenvalue weighted by Crippen LogP contribution is 2.43. The normalized spacial score (nSPS) is 13.3. The highest BCUT2D eigenvalue weighted by molar-refractivity contribution is 5.51. The van der Waals surface area contributed by atoms with Gasteiger partial charge in [-0.25, -0.2) is 0 Å². The molecule has 0 fully saturated rings. The summed E-state index contributed by atoms with van der Waals surface area (Å²) in [5.74, 6) is -4.88. The molecule has 0 aliphatic heterocycles. The van der Waals surface area contributed by atoms with Crippen molar-refractivity contribution in [2.24, 2.45) is 0 Å². The van der Waals surface area contributed by atoms with Crippen molar-refractivity contribution in [2.45, 2.75) is 12.1 Å². The van der Waals surface area contributed by atoms with Crippen LogP contribution in [0.1, 0.15) is 11.1 Å². The topological polar surface area (TPSA) is 20.2 Å². The molecule has 0 saturated carbocycles. The fourth-order valence-corrected chi connectivity index (χ4v) is 1.19. The molecule has 1 nitrogen and oxygen atoms in total. The van der Waals surface area contributed by atoms with Gasteiger partial charge in [0.1, 0.15) is 0 Å². The van der Waals surface area contributed by atoms with E-state index in [-0.39, 0.29) is 12.2 Å². The quantitative estimate of drug-likeness (QED) is 0.818. The van der Waals surface area contributed by atoms with Crippen LogP contribution in [-0.2, 0) is 5.92 Å². The zero-order valence-corrected chi connectivity index (χ0v) is 8.51. The number of aliphatic hydroxyl groups excluding tert-OH is 1. The van der Waals surface area contributed by atoms with Gasteiger partial charge in [-0.1, -0.05) is 30.4 Å². The lowest BCUT2D eigenvalue weighted by atomic mass is 10.0. The minimum absolute atomic E-state index is 0.167. The Hall–Kier alpha value is -1.43. The lowest BCUT2D eigenvalue weighted by Gasteiger charge is -2.20. The van der Waals surface area contributed by atoms with E-state index in [0.717, 1.165) is 12.1 Å². The zero-order chi connectivity index (χ0) is 13.1. The Labute approximate surface area is 94.2 Å². The lowest BCUT2D eigenvalue weighted by Crippen LogP contribution is -2.33. The largest absolute Gasteiger partial charge is 0.458 e. The molecule has 0 atom stereocenters. The molecule has 1 rings (SSSR count). The van der Waals surface area contributed by atoms with Crippen molar-refractivity contribution in [1.82, 2.24) is 0 Å². The van der Waals surface area contributed by atoms with Crippen LogP contribution in [0.5, 0.6) is 0 Å². The van der Waals surface area contributed by atoms with Crippen LogP contribution in [0.25, 0.3) is 6.08 Å². The molecule has 0 amide bonds. The predicted molar refractivity (Wildman–Crippen MR) is 52.5 cm³/mol. The SMILES string of the molecule is OC/C=C/c1cccc(C(F)(F)C(F)(F)F)c1. The summed E-state index contributed by atoms with van der Waals surface area (Å²) in [4.78, 5) is 0. The molecular formula is C11H9F5O. The van der Waals surface area contributed by atoms with Gasteiger partial charge in [0.2, 0.25) is 0 Å². The maximum Gasteiger partial charge on any atom is 0.458 e. The smallest absolute Gasteiger partial charge is 0.392 e. The van der Waals surface area contributed by atoms with E-state index in [1.54, 1.807) is 0 Å². The number of rotatable bonds is 3. The first-order valence-corrected chi connectivity index (χ1v) is 4.61. The third-order valence-corrected chi connectivity index (χ3v) is 2.02. The Morgan fingerprint density at radius 2 is 1.76 bits per heavy atom. The van der Waals surface area contributed by atoms with Gasteiger partial charge < -0.3 is 5.11 Å². The molecule has 0 aromatic heterocycles. The molecule has 94 valence electrons. The lowest BCUT2D eigenvalue weighted by molar-refractivity contribution is -0.289. The molecule has 0 heterocycles. The summed E-state index contributed by atoms with van der Waals surface area (Å²) in [5.41, 5.74) is -0.953. The van der Waals surface area contributed by atoms with Crippen molar-refractivity contribution < 1.29 is 27.1 Å². The summed E-state index contributed by atoms with van der Waals surface area (Å²) in [6.07, 6.45) is -3.12. The van der Waals surface area contributed by atoms with Crippen LogP contribution in [0, 0.1) is 0 Å². The minimum Gasteiger partial charge on any atom is -0.392 e. The standard InChI is InChI=1S/C11H9F5O/c12-10(13,11(14,15)16)9-5-1-3-8(7-9)4-2-6-17/h1-5,7,17H,6H2/b4-2+. The van der Waals surface area contributed by atoms with Crippen LogP contribution in [0.4, 0.5) is 22.0 Å².